The number of carboxylic acid groups (broad SMARTS) is 1. The number of hydrogen-bond donors (Lipinski definition) is 1. The molecule has 5 heteroatoms. The smallest absolute Gasteiger partial charge is 0.410 e. The molecule has 96 valence electrons. The summed E-state index contributed by atoms with van der Waals surface area (Å²) in [5.74, 6) is -0.568. The van der Waals surface area contributed by atoms with Crippen LogP contribution in [-0.2, 0) is 9.53 Å². The van der Waals surface area contributed by atoms with Gasteiger partial charge in [0, 0.05) is 6.04 Å². The van der Waals surface area contributed by atoms with Crippen LogP contribution in [0.4, 0.5) is 4.79 Å². The Hall–Kier alpha value is -1.26. The zero-order chi connectivity index (χ0) is 12.4. The highest BCUT2D eigenvalue weighted by Crippen LogP contribution is 2.40. The predicted molar refractivity (Wildman–Crippen MR) is 60.6 cm³/mol. The maximum atomic E-state index is 11.9. The first-order chi connectivity index (χ1) is 8.15. The number of nitrogens with zero attached hydrogens (tertiary/aromatic N) is 1. The molecule has 1 amide bonds. The largest absolute Gasteiger partial charge is 0.480 e. The molecule has 1 saturated heterocycles. The summed E-state index contributed by atoms with van der Waals surface area (Å²) < 4.78 is 4.98. The summed E-state index contributed by atoms with van der Waals surface area (Å²) in [6.07, 6.45) is 4.28. The summed E-state index contributed by atoms with van der Waals surface area (Å²) in [5, 5.41) is 9.20. The van der Waals surface area contributed by atoms with Crippen LogP contribution in [0.25, 0.3) is 0 Å². The van der Waals surface area contributed by atoms with E-state index in [4.69, 9.17) is 4.74 Å². The van der Waals surface area contributed by atoms with Gasteiger partial charge in [-0.2, -0.15) is 0 Å². The van der Waals surface area contributed by atoms with Crippen molar-refractivity contribution < 1.29 is 19.4 Å². The molecule has 2 fully saturated rings. The van der Waals surface area contributed by atoms with Crippen molar-refractivity contribution >= 4 is 12.1 Å². The van der Waals surface area contributed by atoms with E-state index in [-0.39, 0.29) is 6.04 Å². The zero-order valence-electron chi connectivity index (χ0n) is 10.1. The maximum absolute atomic E-state index is 11.9. The lowest BCUT2D eigenvalue weighted by molar-refractivity contribution is -0.142. The Labute approximate surface area is 101 Å². The number of aliphatic carboxylic acids is 1. The van der Waals surface area contributed by atoms with Crippen molar-refractivity contribution in [3.63, 3.8) is 0 Å². The normalized spacial score (nSPS) is 32.1. The average Bonchev–Trinajstić information content (AvgIpc) is 2.68. The molecule has 2 aliphatic rings. The van der Waals surface area contributed by atoms with E-state index in [1.165, 1.54) is 4.90 Å². The van der Waals surface area contributed by atoms with Crippen molar-refractivity contribution in [2.45, 2.75) is 51.1 Å². The van der Waals surface area contributed by atoms with Crippen LogP contribution in [0.15, 0.2) is 0 Å². The number of amides is 1. The second kappa shape index (κ2) is 4.94. The van der Waals surface area contributed by atoms with Crippen molar-refractivity contribution in [1.82, 2.24) is 4.90 Å². The van der Waals surface area contributed by atoms with Gasteiger partial charge in [0.1, 0.15) is 6.04 Å². The molecule has 0 aromatic carbocycles. The Morgan fingerprint density at radius 2 is 2.06 bits per heavy atom. The monoisotopic (exact) mass is 241 g/mol. The number of likely N-dealkylation sites (tertiary alicyclic amines) is 1. The molecule has 0 aromatic rings. The minimum absolute atomic E-state index is 0.0731. The van der Waals surface area contributed by atoms with Gasteiger partial charge in [-0.15, -0.1) is 0 Å². The molecule has 1 saturated carbocycles. The lowest BCUT2D eigenvalue weighted by Crippen LogP contribution is -2.46. The summed E-state index contributed by atoms with van der Waals surface area (Å²) in [6.45, 7) is 2.03. The van der Waals surface area contributed by atoms with Crippen LogP contribution < -0.4 is 0 Å². The Bertz CT molecular complexity index is 318. The third-order valence-corrected chi connectivity index (χ3v) is 3.85. The van der Waals surface area contributed by atoms with Gasteiger partial charge in [-0.25, -0.2) is 9.59 Å². The fraction of sp³-hybridized carbons (Fsp3) is 0.833. The van der Waals surface area contributed by atoms with Gasteiger partial charge < -0.3 is 9.84 Å². The first kappa shape index (κ1) is 12.2. The maximum Gasteiger partial charge on any atom is 0.410 e. The van der Waals surface area contributed by atoms with E-state index in [1.54, 1.807) is 6.92 Å². The van der Waals surface area contributed by atoms with Gasteiger partial charge >= 0.3 is 12.1 Å². The molecule has 0 aromatic heterocycles. The van der Waals surface area contributed by atoms with Gasteiger partial charge in [0.05, 0.1) is 6.61 Å². The van der Waals surface area contributed by atoms with Gasteiger partial charge in [-0.1, -0.05) is 12.8 Å². The highest BCUT2D eigenvalue weighted by atomic mass is 16.6. The summed E-state index contributed by atoms with van der Waals surface area (Å²) in [6, 6.07) is -0.619. The molecule has 1 N–H and O–H groups in total. The van der Waals surface area contributed by atoms with Gasteiger partial charge in [0.25, 0.3) is 0 Å². The van der Waals surface area contributed by atoms with Crippen molar-refractivity contribution in [3.05, 3.63) is 0 Å². The molecule has 2 rings (SSSR count). The van der Waals surface area contributed by atoms with E-state index >= 15 is 0 Å². The van der Waals surface area contributed by atoms with E-state index < -0.39 is 18.1 Å². The Morgan fingerprint density at radius 3 is 2.71 bits per heavy atom. The SMILES string of the molecule is CCOC(=O)N1C(C(=O)O)CC2CCCCC21. The number of hydrogen-bond acceptors (Lipinski definition) is 3. The fourth-order valence-corrected chi connectivity index (χ4v) is 3.14. The van der Waals surface area contributed by atoms with Gasteiger partial charge in [-0.05, 0) is 32.1 Å². The van der Waals surface area contributed by atoms with Gasteiger partial charge in [0.2, 0.25) is 0 Å². The minimum atomic E-state index is -0.910. The second-order valence-corrected chi connectivity index (χ2v) is 4.81. The van der Waals surface area contributed by atoms with Crippen LogP contribution in [0.1, 0.15) is 39.0 Å². The summed E-state index contributed by atoms with van der Waals surface area (Å²) in [5.41, 5.74) is 0. The van der Waals surface area contributed by atoms with Crippen LogP contribution in [-0.4, -0.2) is 40.8 Å². The number of carbonyl (C=O) groups is 2. The highest BCUT2D eigenvalue weighted by Gasteiger charge is 2.48. The number of carbonyl (C=O) groups excluding carboxylic acids is 1. The van der Waals surface area contributed by atoms with E-state index in [2.05, 4.69) is 0 Å². The predicted octanol–water partition coefficient (Wildman–Crippen LogP) is 1.86. The summed E-state index contributed by atoms with van der Waals surface area (Å²) in [4.78, 5) is 24.5. The molecule has 1 aliphatic carbocycles. The topological polar surface area (TPSA) is 66.8 Å². The van der Waals surface area contributed by atoms with E-state index in [0.29, 0.717) is 18.9 Å². The van der Waals surface area contributed by atoms with Crippen molar-refractivity contribution in [2.24, 2.45) is 5.92 Å². The fourth-order valence-electron chi connectivity index (χ4n) is 3.14. The Kier molecular flexibility index (Phi) is 3.54. The molecular formula is C12H19NO4. The molecule has 5 nitrogen and oxygen atoms in total. The van der Waals surface area contributed by atoms with E-state index in [9.17, 15) is 14.7 Å². The highest BCUT2D eigenvalue weighted by molar-refractivity contribution is 5.81. The molecule has 3 atom stereocenters. The molecule has 1 heterocycles. The molecule has 3 unspecified atom stereocenters. The summed E-state index contributed by atoms with van der Waals surface area (Å²) in [7, 11) is 0. The molecule has 0 spiro atoms. The molecular weight excluding hydrogens is 222 g/mol. The summed E-state index contributed by atoms with van der Waals surface area (Å²) >= 11 is 0. The van der Waals surface area contributed by atoms with Crippen molar-refractivity contribution in [1.29, 1.82) is 0 Å². The number of carboxylic acids is 1. The van der Waals surface area contributed by atoms with Crippen LogP contribution in [0.2, 0.25) is 0 Å². The van der Waals surface area contributed by atoms with Crippen LogP contribution >= 0.6 is 0 Å². The van der Waals surface area contributed by atoms with Crippen LogP contribution in [0.3, 0.4) is 0 Å². The van der Waals surface area contributed by atoms with Gasteiger partial charge in [0.15, 0.2) is 0 Å². The third kappa shape index (κ3) is 2.23. The van der Waals surface area contributed by atoms with E-state index in [0.717, 1.165) is 25.7 Å². The van der Waals surface area contributed by atoms with E-state index in [1.807, 2.05) is 0 Å². The van der Waals surface area contributed by atoms with Gasteiger partial charge in [-0.3, -0.25) is 4.90 Å². The number of rotatable bonds is 2. The first-order valence-corrected chi connectivity index (χ1v) is 6.33. The first-order valence-electron chi connectivity index (χ1n) is 6.33. The Balaban J connectivity index is 2.17. The Morgan fingerprint density at radius 1 is 1.35 bits per heavy atom. The molecule has 0 bridgehead atoms. The molecule has 17 heavy (non-hydrogen) atoms. The number of fused-ring (bicyclic) bond motifs is 1. The number of ether oxygens (including phenoxy) is 1. The van der Waals surface area contributed by atoms with Crippen molar-refractivity contribution in [3.8, 4) is 0 Å². The minimum Gasteiger partial charge on any atom is -0.480 e. The second-order valence-electron chi connectivity index (χ2n) is 4.81. The quantitative estimate of drug-likeness (QED) is 0.801. The molecule has 0 radical (unpaired) electrons. The lowest BCUT2D eigenvalue weighted by Gasteiger charge is -2.32. The third-order valence-electron chi connectivity index (χ3n) is 3.85. The zero-order valence-corrected chi connectivity index (χ0v) is 10.1. The van der Waals surface area contributed by atoms with Crippen molar-refractivity contribution in [2.75, 3.05) is 6.61 Å². The standard InChI is InChI=1S/C12H19NO4/c1-2-17-12(16)13-9-6-4-3-5-8(9)7-10(13)11(14)15/h8-10H,2-7H2,1H3,(H,14,15). The van der Waals surface area contributed by atoms with Crippen LogP contribution in [0.5, 0.6) is 0 Å². The van der Waals surface area contributed by atoms with Crippen LogP contribution in [0, 0.1) is 5.92 Å². The average molecular weight is 241 g/mol. The lowest BCUT2D eigenvalue weighted by atomic mass is 9.85. The molecule has 1 aliphatic heterocycles.